The van der Waals surface area contributed by atoms with Crippen LogP contribution in [0.1, 0.15) is 37.8 Å². The van der Waals surface area contributed by atoms with Gasteiger partial charge in [-0.05, 0) is 54.8 Å². The molecule has 8 nitrogen and oxygen atoms in total. The normalized spacial score (nSPS) is 15.9. The molecule has 4 aromatic rings. The Morgan fingerprint density at radius 2 is 1.79 bits per heavy atom. The van der Waals surface area contributed by atoms with Crippen molar-refractivity contribution in [1.82, 2.24) is 20.1 Å². The molecular formula is C31H31F3N6O2S. The van der Waals surface area contributed by atoms with E-state index in [-0.39, 0.29) is 23.7 Å². The number of alkyl halides is 3. The third kappa shape index (κ3) is 7.37. The van der Waals surface area contributed by atoms with Gasteiger partial charge in [-0.15, -0.1) is 18.3 Å². The van der Waals surface area contributed by atoms with Gasteiger partial charge in [0.2, 0.25) is 0 Å². The molecule has 0 spiro atoms. The highest BCUT2D eigenvalue weighted by Crippen LogP contribution is 2.29. The molecule has 2 unspecified atom stereocenters. The van der Waals surface area contributed by atoms with Crippen LogP contribution in [0.4, 0.5) is 23.7 Å². The summed E-state index contributed by atoms with van der Waals surface area (Å²) in [5.41, 5.74) is 4.66. The van der Waals surface area contributed by atoms with Gasteiger partial charge < -0.3 is 15.0 Å². The molecule has 1 aliphatic rings. The van der Waals surface area contributed by atoms with Crippen molar-refractivity contribution in [3.05, 3.63) is 90.3 Å². The average Bonchev–Trinajstić information content (AvgIpc) is 3.67. The van der Waals surface area contributed by atoms with E-state index in [0.29, 0.717) is 16.7 Å². The summed E-state index contributed by atoms with van der Waals surface area (Å²) in [7, 11) is 0. The number of anilines is 1. The van der Waals surface area contributed by atoms with Crippen molar-refractivity contribution in [2.45, 2.75) is 45.5 Å². The number of carbonyl (C=O) groups is 1. The van der Waals surface area contributed by atoms with E-state index in [4.69, 9.17) is 0 Å². The van der Waals surface area contributed by atoms with Crippen LogP contribution in [0.2, 0.25) is 0 Å². The molecule has 12 heteroatoms. The number of nitrogens with one attached hydrogen (secondary N) is 1. The number of hydrogen-bond acceptors (Lipinski definition) is 5. The van der Waals surface area contributed by atoms with Crippen LogP contribution in [0.25, 0.3) is 17.1 Å². The van der Waals surface area contributed by atoms with Crippen molar-refractivity contribution in [2.24, 2.45) is 4.99 Å². The number of halogens is 3. The van der Waals surface area contributed by atoms with Gasteiger partial charge in [-0.1, -0.05) is 68.1 Å². The highest BCUT2D eigenvalue weighted by molar-refractivity contribution is 8.14. The maximum atomic E-state index is 12.9. The summed E-state index contributed by atoms with van der Waals surface area (Å²) in [4.78, 5) is 23.8. The van der Waals surface area contributed by atoms with Gasteiger partial charge in [0, 0.05) is 35.5 Å². The fraction of sp³-hybridized carbons (Fsp3) is 0.290. The summed E-state index contributed by atoms with van der Waals surface area (Å²) in [6.07, 6.45) is -2.35. The molecule has 0 bridgehead atoms. The standard InChI is InChI=1S/C31H31F3N6O2S/c1-4-22-7-5-6-8-27(22)39-17-18-43-30(39)37-29(41)36-21(3)20(2)23-9-11-24(12-10-23)28-35-19-40(38-28)25-13-15-26(16-14-25)42-31(32,33)34/h5-16,19-21H,4,17-18H2,1-3H3,(H,36,41). The van der Waals surface area contributed by atoms with Crippen LogP contribution < -0.4 is 15.0 Å². The Morgan fingerprint density at radius 3 is 2.49 bits per heavy atom. The number of ether oxygens (including phenoxy) is 1. The molecule has 1 saturated heterocycles. The fourth-order valence-corrected chi connectivity index (χ4v) is 5.72. The van der Waals surface area contributed by atoms with Crippen molar-refractivity contribution < 1.29 is 22.7 Å². The van der Waals surface area contributed by atoms with Crippen molar-refractivity contribution in [1.29, 1.82) is 0 Å². The number of para-hydroxylation sites is 1. The molecule has 0 saturated carbocycles. The lowest BCUT2D eigenvalue weighted by atomic mass is 9.93. The summed E-state index contributed by atoms with van der Waals surface area (Å²) < 4.78 is 42.7. The number of aromatic nitrogens is 3. The smallest absolute Gasteiger partial charge is 0.406 e. The molecule has 43 heavy (non-hydrogen) atoms. The second-order valence-corrected chi connectivity index (χ2v) is 11.1. The summed E-state index contributed by atoms with van der Waals surface area (Å²) in [5.74, 6) is 1.04. The van der Waals surface area contributed by atoms with Crippen molar-refractivity contribution in [3.8, 4) is 22.8 Å². The van der Waals surface area contributed by atoms with Crippen molar-refractivity contribution >= 4 is 28.6 Å². The van der Waals surface area contributed by atoms with E-state index < -0.39 is 6.36 Å². The van der Waals surface area contributed by atoms with Gasteiger partial charge in [-0.25, -0.2) is 14.5 Å². The molecule has 2 heterocycles. The molecule has 2 atom stereocenters. The lowest BCUT2D eigenvalue weighted by molar-refractivity contribution is -0.274. The summed E-state index contributed by atoms with van der Waals surface area (Å²) in [5, 5.41) is 8.19. The molecule has 5 rings (SSSR count). The first-order valence-electron chi connectivity index (χ1n) is 13.9. The van der Waals surface area contributed by atoms with Crippen LogP contribution in [0.15, 0.2) is 84.1 Å². The molecule has 1 fully saturated rings. The Bertz CT molecular complexity index is 1590. The highest BCUT2D eigenvalue weighted by Gasteiger charge is 2.31. The summed E-state index contributed by atoms with van der Waals surface area (Å²) >= 11 is 1.58. The number of nitrogens with zero attached hydrogens (tertiary/aromatic N) is 5. The highest BCUT2D eigenvalue weighted by atomic mass is 32.2. The quantitative estimate of drug-likeness (QED) is 0.228. The molecule has 2 amide bonds. The van der Waals surface area contributed by atoms with Gasteiger partial charge in [0.1, 0.15) is 12.1 Å². The van der Waals surface area contributed by atoms with Crippen molar-refractivity contribution in [3.63, 3.8) is 0 Å². The molecule has 0 aliphatic carbocycles. The summed E-state index contributed by atoms with van der Waals surface area (Å²) in [6.45, 7) is 6.92. The molecule has 0 radical (unpaired) electrons. The monoisotopic (exact) mass is 608 g/mol. The molecule has 1 aromatic heterocycles. The molecule has 224 valence electrons. The zero-order chi connectivity index (χ0) is 30.6. The zero-order valence-electron chi connectivity index (χ0n) is 23.9. The zero-order valence-corrected chi connectivity index (χ0v) is 24.7. The first-order valence-corrected chi connectivity index (χ1v) is 14.9. The first kappa shape index (κ1) is 30.1. The fourth-order valence-electron chi connectivity index (χ4n) is 4.77. The topological polar surface area (TPSA) is 84.6 Å². The number of hydrogen-bond donors (Lipinski definition) is 1. The Balaban J connectivity index is 1.21. The van der Waals surface area contributed by atoms with Crippen LogP contribution in [-0.4, -0.2) is 50.7 Å². The number of aryl methyl sites for hydroxylation is 1. The molecule has 1 N–H and O–H groups in total. The van der Waals surface area contributed by atoms with E-state index in [1.807, 2.05) is 50.2 Å². The number of carbonyl (C=O) groups excluding carboxylic acids is 1. The number of aliphatic imine (C=N–C) groups is 1. The Morgan fingerprint density at radius 1 is 1.07 bits per heavy atom. The van der Waals surface area contributed by atoms with E-state index in [2.05, 4.69) is 49.1 Å². The lowest BCUT2D eigenvalue weighted by Gasteiger charge is -2.23. The van der Waals surface area contributed by atoms with Gasteiger partial charge in [0.25, 0.3) is 0 Å². The van der Waals surface area contributed by atoms with Gasteiger partial charge in [0.15, 0.2) is 11.0 Å². The van der Waals surface area contributed by atoms with E-state index in [0.717, 1.165) is 35.5 Å². The number of amidine groups is 1. The third-order valence-electron chi connectivity index (χ3n) is 7.26. The van der Waals surface area contributed by atoms with Crippen molar-refractivity contribution in [2.75, 3.05) is 17.2 Å². The second kappa shape index (κ2) is 12.9. The predicted molar refractivity (Wildman–Crippen MR) is 163 cm³/mol. The van der Waals surface area contributed by atoms with Crippen LogP contribution in [0, 0.1) is 0 Å². The van der Waals surface area contributed by atoms with Gasteiger partial charge in [-0.3, -0.25) is 0 Å². The van der Waals surface area contributed by atoms with Gasteiger partial charge in [-0.2, -0.15) is 4.99 Å². The second-order valence-electron chi connectivity index (χ2n) is 10.1. The van der Waals surface area contributed by atoms with E-state index in [1.54, 1.807) is 11.8 Å². The minimum absolute atomic E-state index is 0.00861. The maximum Gasteiger partial charge on any atom is 0.573 e. The van der Waals surface area contributed by atoms with E-state index >= 15 is 0 Å². The molecular weight excluding hydrogens is 577 g/mol. The Labute approximate surface area is 252 Å². The van der Waals surface area contributed by atoms with Crippen LogP contribution in [-0.2, 0) is 6.42 Å². The SMILES string of the molecule is CCc1ccccc1N1CCSC1=NC(=O)NC(C)C(C)c1ccc(-c2ncn(-c3ccc(OC(F)(F)F)cc3)n2)cc1. The largest absolute Gasteiger partial charge is 0.573 e. The predicted octanol–water partition coefficient (Wildman–Crippen LogP) is 7.21. The molecule has 1 aliphatic heterocycles. The number of urea groups is 1. The lowest BCUT2D eigenvalue weighted by Crippen LogP contribution is -2.35. The van der Waals surface area contributed by atoms with E-state index in [1.165, 1.54) is 40.8 Å². The first-order chi connectivity index (χ1) is 20.6. The average molecular weight is 609 g/mol. The van der Waals surface area contributed by atoms with Crippen LogP contribution in [0.3, 0.4) is 0 Å². The Kier molecular flexibility index (Phi) is 9.05. The third-order valence-corrected chi connectivity index (χ3v) is 8.22. The minimum Gasteiger partial charge on any atom is -0.406 e. The van der Waals surface area contributed by atoms with E-state index in [9.17, 15) is 18.0 Å². The van der Waals surface area contributed by atoms with Crippen LogP contribution >= 0.6 is 11.8 Å². The van der Waals surface area contributed by atoms with Gasteiger partial charge >= 0.3 is 12.4 Å². The number of benzene rings is 3. The van der Waals surface area contributed by atoms with Gasteiger partial charge in [0.05, 0.1) is 5.69 Å². The summed E-state index contributed by atoms with van der Waals surface area (Å²) in [6, 6.07) is 20.8. The number of amides is 2. The molecule has 3 aromatic carbocycles. The number of thioether (sulfide) groups is 1. The minimum atomic E-state index is -4.75. The maximum absolute atomic E-state index is 12.9. The Hall–Kier alpha value is -4.32. The number of rotatable bonds is 8. The van der Waals surface area contributed by atoms with Crippen LogP contribution in [0.5, 0.6) is 5.75 Å².